The van der Waals surface area contributed by atoms with Gasteiger partial charge < -0.3 is 4.74 Å². The number of fused-ring (bicyclic) bond motifs is 1. The Hall–Kier alpha value is -4.58. The molecule has 0 spiro atoms. The quantitative estimate of drug-likeness (QED) is 0.361. The Morgan fingerprint density at radius 1 is 0.882 bits per heavy atom. The number of ether oxygens (including phenoxy) is 1. The molecule has 5 aromatic rings. The number of nitrogens with zero attached hydrogens (tertiary/aromatic N) is 3. The topological polar surface area (TPSA) is 74.1 Å². The molecule has 0 unspecified atom stereocenters. The standard InChI is InChI=1S/C28H21N3O3/c1-34-28(33)21-14-12-20(13-15-21)22-9-5-10-23(18-22)31-26-24(11-6-16-29-26)30-25(27(31)32)17-19-7-3-2-4-8-19/h2-16,18H,17H2,1H3. The largest absolute Gasteiger partial charge is 0.465 e. The maximum absolute atomic E-state index is 13.6. The normalized spacial score (nSPS) is 10.9. The van der Waals surface area contributed by atoms with Crippen molar-refractivity contribution in [3.63, 3.8) is 0 Å². The third kappa shape index (κ3) is 4.09. The van der Waals surface area contributed by atoms with Crippen LogP contribution in [0.15, 0.2) is 102 Å². The van der Waals surface area contributed by atoms with E-state index >= 15 is 0 Å². The second-order valence-corrected chi connectivity index (χ2v) is 7.83. The van der Waals surface area contributed by atoms with Gasteiger partial charge in [-0.1, -0.05) is 54.6 Å². The van der Waals surface area contributed by atoms with Crippen LogP contribution in [-0.2, 0) is 11.2 Å². The lowest BCUT2D eigenvalue weighted by atomic mass is 10.0. The van der Waals surface area contributed by atoms with Gasteiger partial charge in [-0.05, 0) is 53.1 Å². The highest BCUT2D eigenvalue weighted by Crippen LogP contribution is 2.24. The van der Waals surface area contributed by atoms with Gasteiger partial charge in [0.25, 0.3) is 5.56 Å². The molecule has 0 aliphatic heterocycles. The fourth-order valence-electron chi connectivity index (χ4n) is 3.95. The molecule has 0 radical (unpaired) electrons. The fourth-order valence-corrected chi connectivity index (χ4v) is 3.95. The van der Waals surface area contributed by atoms with Crippen LogP contribution in [0.4, 0.5) is 0 Å². The highest BCUT2D eigenvalue weighted by atomic mass is 16.5. The third-order valence-electron chi connectivity index (χ3n) is 5.64. The first-order chi connectivity index (χ1) is 16.6. The average Bonchev–Trinajstić information content (AvgIpc) is 2.89. The first kappa shape index (κ1) is 21.3. The summed E-state index contributed by atoms with van der Waals surface area (Å²) in [5.74, 6) is -0.382. The predicted octanol–water partition coefficient (Wildman–Crippen LogP) is 4.83. The van der Waals surface area contributed by atoms with E-state index in [9.17, 15) is 9.59 Å². The van der Waals surface area contributed by atoms with E-state index in [1.54, 1.807) is 22.9 Å². The van der Waals surface area contributed by atoms with Crippen LogP contribution >= 0.6 is 0 Å². The maximum atomic E-state index is 13.6. The number of carbonyl (C=O) groups excluding carboxylic acids is 1. The molecular formula is C28H21N3O3. The van der Waals surface area contributed by atoms with Gasteiger partial charge in [-0.25, -0.2) is 14.8 Å². The van der Waals surface area contributed by atoms with Crippen LogP contribution in [0.2, 0.25) is 0 Å². The molecule has 2 heterocycles. The number of carbonyl (C=O) groups is 1. The Morgan fingerprint density at radius 2 is 1.68 bits per heavy atom. The number of esters is 1. The molecule has 0 saturated carbocycles. The summed E-state index contributed by atoms with van der Waals surface area (Å²) >= 11 is 0. The lowest BCUT2D eigenvalue weighted by molar-refractivity contribution is 0.0600. The van der Waals surface area contributed by atoms with Gasteiger partial charge in [-0.3, -0.25) is 9.36 Å². The van der Waals surface area contributed by atoms with Crippen LogP contribution in [0.25, 0.3) is 28.0 Å². The molecule has 166 valence electrons. The molecule has 0 saturated heterocycles. The van der Waals surface area contributed by atoms with Crippen LogP contribution in [0.3, 0.4) is 0 Å². The highest BCUT2D eigenvalue weighted by Gasteiger charge is 2.15. The number of pyridine rings is 1. The van der Waals surface area contributed by atoms with Crippen molar-refractivity contribution in [3.8, 4) is 16.8 Å². The molecule has 6 heteroatoms. The van der Waals surface area contributed by atoms with Crippen molar-refractivity contribution in [1.82, 2.24) is 14.5 Å². The van der Waals surface area contributed by atoms with Crippen molar-refractivity contribution in [2.24, 2.45) is 0 Å². The second kappa shape index (κ2) is 9.11. The summed E-state index contributed by atoms with van der Waals surface area (Å²) in [5, 5.41) is 0. The lowest BCUT2D eigenvalue weighted by Gasteiger charge is -2.13. The Bertz CT molecular complexity index is 1540. The number of rotatable bonds is 5. The molecule has 3 aromatic carbocycles. The zero-order chi connectivity index (χ0) is 23.5. The van der Waals surface area contributed by atoms with Crippen LogP contribution in [0.5, 0.6) is 0 Å². The predicted molar refractivity (Wildman–Crippen MR) is 131 cm³/mol. The van der Waals surface area contributed by atoms with E-state index in [0.29, 0.717) is 34.5 Å². The van der Waals surface area contributed by atoms with Crippen LogP contribution in [-0.4, -0.2) is 27.6 Å². The van der Waals surface area contributed by atoms with E-state index < -0.39 is 0 Å². The molecule has 5 rings (SSSR count). The van der Waals surface area contributed by atoms with Crippen LogP contribution in [0.1, 0.15) is 21.6 Å². The smallest absolute Gasteiger partial charge is 0.337 e. The van der Waals surface area contributed by atoms with Gasteiger partial charge in [-0.15, -0.1) is 0 Å². The Morgan fingerprint density at radius 3 is 2.44 bits per heavy atom. The van der Waals surface area contributed by atoms with E-state index in [1.165, 1.54) is 7.11 Å². The molecular weight excluding hydrogens is 426 g/mol. The number of aromatic nitrogens is 3. The summed E-state index contributed by atoms with van der Waals surface area (Å²) in [6.07, 6.45) is 2.09. The summed E-state index contributed by atoms with van der Waals surface area (Å²) in [5.41, 5.74) is 5.43. The van der Waals surface area contributed by atoms with Gasteiger partial charge in [-0.2, -0.15) is 0 Å². The Kier molecular flexibility index (Phi) is 5.70. The molecule has 34 heavy (non-hydrogen) atoms. The molecule has 2 aromatic heterocycles. The number of hydrogen-bond donors (Lipinski definition) is 0. The minimum Gasteiger partial charge on any atom is -0.465 e. The molecule has 0 fully saturated rings. The van der Waals surface area contributed by atoms with E-state index in [-0.39, 0.29) is 11.5 Å². The van der Waals surface area contributed by atoms with Crippen molar-refractivity contribution in [3.05, 3.63) is 124 Å². The van der Waals surface area contributed by atoms with Crippen molar-refractivity contribution in [2.45, 2.75) is 6.42 Å². The first-order valence-corrected chi connectivity index (χ1v) is 10.8. The van der Waals surface area contributed by atoms with Gasteiger partial charge in [0.2, 0.25) is 0 Å². The SMILES string of the molecule is COC(=O)c1ccc(-c2cccc(-n3c(=O)c(Cc4ccccc4)nc4cccnc43)c2)cc1. The van der Waals surface area contributed by atoms with E-state index in [2.05, 4.69) is 9.97 Å². The summed E-state index contributed by atoms with van der Waals surface area (Å²) < 4.78 is 6.39. The van der Waals surface area contributed by atoms with Crippen LogP contribution < -0.4 is 5.56 Å². The van der Waals surface area contributed by atoms with Crippen molar-refractivity contribution in [2.75, 3.05) is 7.11 Å². The van der Waals surface area contributed by atoms with Gasteiger partial charge in [0.05, 0.1) is 18.4 Å². The molecule has 0 aliphatic rings. The Labute approximate surface area is 196 Å². The molecule has 0 atom stereocenters. The van der Waals surface area contributed by atoms with Crippen molar-refractivity contribution >= 4 is 17.1 Å². The zero-order valence-electron chi connectivity index (χ0n) is 18.5. The molecule has 0 N–H and O–H groups in total. The van der Waals surface area contributed by atoms with Gasteiger partial charge in [0.1, 0.15) is 11.2 Å². The van der Waals surface area contributed by atoms with Gasteiger partial charge in [0, 0.05) is 12.6 Å². The number of benzene rings is 3. The van der Waals surface area contributed by atoms with E-state index in [4.69, 9.17) is 4.74 Å². The number of methoxy groups -OCH3 is 1. The van der Waals surface area contributed by atoms with E-state index in [0.717, 1.165) is 16.7 Å². The minimum absolute atomic E-state index is 0.201. The van der Waals surface area contributed by atoms with Crippen molar-refractivity contribution < 1.29 is 9.53 Å². The van der Waals surface area contributed by atoms with Crippen molar-refractivity contribution in [1.29, 1.82) is 0 Å². The maximum Gasteiger partial charge on any atom is 0.337 e. The van der Waals surface area contributed by atoms with Gasteiger partial charge >= 0.3 is 5.97 Å². The van der Waals surface area contributed by atoms with E-state index in [1.807, 2.05) is 78.9 Å². The molecule has 6 nitrogen and oxygen atoms in total. The Balaban J connectivity index is 1.62. The second-order valence-electron chi connectivity index (χ2n) is 7.83. The molecule has 0 amide bonds. The highest BCUT2D eigenvalue weighted by molar-refractivity contribution is 5.90. The summed E-state index contributed by atoms with van der Waals surface area (Å²) in [6.45, 7) is 0. The third-order valence-corrected chi connectivity index (χ3v) is 5.64. The van der Waals surface area contributed by atoms with Crippen LogP contribution in [0, 0.1) is 0 Å². The summed E-state index contributed by atoms with van der Waals surface area (Å²) in [4.78, 5) is 34.4. The summed E-state index contributed by atoms with van der Waals surface area (Å²) in [6, 6.07) is 28.3. The first-order valence-electron chi connectivity index (χ1n) is 10.8. The summed E-state index contributed by atoms with van der Waals surface area (Å²) in [7, 11) is 1.36. The fraction of sp³-hybridized carbons (Fsp3) is 0.0714. The van der Waals surface area contributed by atoms with Gasteiger partial charge in [0.15, 0.2) is 5.65 Å². The minimum atomic E-state index is -0.382. The monoisotopic (exact) mass is 447 g/mol. The zero-order valence-corrected chi connectivity index (χ0v) is 18.5. The molecule has 0 bridgehead atoms. The average molecular weight is 447 g/mol. The molecule has 0 aliphatic carbocycles. The number of hydrogen-bond acceptors (Lipinski definition) is 5. The lowest BCUT2D eigenvalue weighted by Crippen LogP contribution is -2.25.